The topological polar surface area (TPSA) is 29.9 Å². The van der Waals surface area contributed by atoms with Crippen LogP contribution in [0.3, 0.4) is 0 Å². The average Bonchev–Trinajstić information content (AvgIpc) is 2.85. The molecule has 0 radical (unpaired) electrons. The summed E-state index contributed by atoms with van der Waals surface area (Å²) in [5.41, 5.74) is 0.0478. The zero-order valence-electron chi connectivity index (χ0n) is 11.3. The third-order valence-electron chi connectivity index (χ3n) is 3.09. The first-order valence-corrected chi connectivity index (χ1v) is 6.40. The molecule has 20 heavy (non-hydrogen) atoms. The molecule has 1 aromatic carbocycles. The number of nitrogens with zero attached hydrogens (tertiary/aromatic N) is 2. The van der Waals surface area contributed by atoms with Gasteiger partial charge in [0.05, 0.1) is 6.04 Å². The lowest BCUT2D eigenvalue weighted by Crippen LogP contribution is -2.27. The molecule has 6 heteroatoms. The molecule has 108 valence electrons. The maximum Gasteiger partial charge on any atom is 0.194 e. The lowest BCUT2D eigenvalue weighted by Gasteiger charge is -2.19. The minimum atomic E-state index is -1.46. The molecular weight excluding hydrogens is 267 g/mol. The van der Waals surface area contributed by atoms with Crippen LogP contribution < -0.4 is 5.32 Å². The van der Waals surface area contributed by atoms with Gasteiger partial charge in [-0.3, -0.25) is 0 Å². The fourth-order valence-electron chi connectivity index (χ4n) is 2.05. The van der Waals surface area contributed by atoms with Crippen molar-refractivity contribution in [2.24, 2.45) is 7.05 Å². The molecule has 1 heterocycles. The molecule has 1 atom stereocenters. The Bertz CT molecular complexity index is 595. The highest BCUT2D eigenvalue weighted by molar-refractivity contribution is 5.28. The number of rotatable bonds is 5. The maximum atomic E-state index is 14.0. The maximum absolute atomic E-state index is 14.0. The van der Waals surface area contributed by atoms with Crippen molar-refractivity contribution in [2.75, 3.05) is 6.54 Å². The summed E-state index contributed by atoms with van der Waals surface area (Å²) in [5.74, 6) is -3.29. The van der Waals surface area contributed by atoms with Crippen molar-refractivity contribution in [3.05, 3.63) is 53.4 Å². The van der Waals surface area contributed by atoms with Crippen LogP contribution in [0.1, 0.15) is 30.8 Å². The predicted octanol–water partition coefficient (Wildman–Crippen LogP) is 2.93. The van der Waals surface area contributed by atoms with Crippen LogP contribution >= 0.6 is 0 Å². The fraction of sp³-hybridized carbons (Fsp3) is 0.357. The van der Waals surface area contributed by atoms with E-state index in [1.807, 2.05) is 6.92 Å². The molecule has 1 N–H and O–H groups in total. The third-order valence-corrected chi connectivity index (χ3v) is 3.09. The normalized spacial score (nSPS) is 12.7. The van der Waals surface area contributed by atoms with Crippen molar-refractivity contribution in [2.45, 2.75) is 19.4 Å². The number of benzene rings is 1. The van der Waals surface area contributed by atoms with Gasteiger partial charge < -0.3 is 9.88 Å². The van der Waals surface area contributed by atoms with Crippen LogP contribution in [-0.2, 0) is 7.05 Å². The summed E-state index contributed by atoms with van der Waals surface area (Å²) in [5, 5.41) is 3.10. The first-order chi connectivity index (χ1) is 9.56. The molecule has 2 rings (SSSR count). The molecule has 0 saturated carbocycles. The monoisotopic (exact) mass is 283 g/mol. The van der Waals surface area contributed by atoms with Gasteiger partial charge in [0.25, 0.3) is 0 Å². The second kappa shape index (κ2) is 6.09. The molecule has 1 unspecified atom stereocenters. The lowest BCUT2D eigenvalue weighted by molar-refractivity contribution is 0.428. The Kier molecular flexibility index (Phi) is 4.44. The largest absolute Gasteiger partial charge is 0.336 e. The minimum absolute atomic E-state index is 0.0478. The quantitative estimate of drug-likeness (QED) is 0.855. The summed E-state index contributed by atoms with van der Waals surface area (Å²) >= 11 is 0. The van der Waals surface area contributed by atoms with Crippen molar-refractivity contribution in [1.29, 1.82) is 0 Å². The number of hydrogen-bond acceptors (Lipinski definition) is 2. The highest BCUT2D eigenvalue weighted by Crippen LogP contribution is 2.25. The Balaban J connectivity index is 2.47. The summed E-state index contributed by atoms with van der Waals surface area (Å²) in [6.45, 7) is 2.57. The van der Waals surface area contributed by atoms with Gasteiger partial charge >= 0.3 is 0 Å². The van der Waals surface area contributed by atoms with E-state index in [1.54, 1.807) is 24.0 Å². The molecule has 0 aliphatic heterocycles. The van der Waals surface area contributed by atoms with Gasteiger partial charge in [-0.15, -0.1) is 0 Å². The number of imidazole rings is 1. The Labute approximate surface area is 115 Å². The molecule has 1 aromatic heterocycles. The minimum Gasteiger partial charge on any atom is -0.336 e. The molecule has 0 fully saturated rings. The van der Waals surface area contributed by atoms with E-state index in [4.69, 9.17) is 0 Å². The van der Waals surface area contributed by atoms with Crippen molar-refractivity contribution < 1.29 is 13.2 Å². The van der Waals surface area contributed by atoms with Crippen molar-refractivity contribution in [1.82, 2.24) is 14.9 Å². The third kappa shape index (κ3) is 2.70. The van der Waals surface area contributed by atoms with Gasteiger partial charge in [0.1, 0.15) is 5.82 Å². The lowest BCUT2D eigenvalue weighted by atomic mass is 10.0. The smallest absolute Gasteiger partial charge is 0.194 e. The number of aryl methyl sites for hydroxylation is 1. The first-order valence-electron chi connectivity index (χ1n) is 6.40. The van der Waals surface area contributed by atoms with E-state index in [9.17, 15) is 13.2 Å². The zero-order chi connectivity index (χ0) is 14.7. The van der Waals surface area contributed by atoms with E-state index in [2.05, 4.69) is 10.3 Å². The second-order valence-corrected chi connectivity index (χ2v) is 4.55. The van der Waals surface area contributed by atoms with E-state index in [0.717, 1.165) is 12.5 Å². The summed E-state index contributed by atoms with van der Waals surface area (Å²) in [4.78, 5) is 4.16. The molecule has 3 nitrogen and oxygen atoms in total. The molecule has 0 spiro atoms. The molecule has 0 aliphatic rings. The molecule has 0 saturated heterocycles. The van der Waals surface area contributed by atoms with Crippen LogP contribution in [0.5, 0.6) is 0 Å². The number of halogens is 3. The van der Waals surface area contributed by atoms with Crippen LogP contribution in [-0.4, -0.2) is 16.1 Å². The van der Waals surface area contributed by atoms with Gasteiger partial charge in [-0.05, 0) is 19.0 Å². The molecule has 0 amide bonds. The number of nitrogens with one attached hydrogen (secondary N) is 1. The summed E-state index contributed by atoms with van der Waals surface area (Å²) in [7, 11) is 1.76. The number of aromatic nitrogens is 2. The Morgan fingerprint density at radius 3 is 2.60 bits per heavy atom. The van der Waals surface area contributed by atoms with Gasteiger partial charge in [-0.2, -0.15) is 0 Å². The Morgan fingerprint density at radius 1 is 1.25 bits per heavy atom. The molecular formula is C14H16F3N3. The second-order valence-electron chi connectivity index (χ2n) is 4.55. The highest BCUT2D eigenvalue weighted by Gasteiger charge is 2.24. The SMILES string of the molecule is CCCNC(c1ccc(F)c(F)c1F)c1nccn1C. The van der Waals surface area contributed by atoms with Gasteiger partial charge in [0.2, 0.25) is 0 Å². The predicted molar refractivity (Wildman–Crippen MR) is 69.7 cm³/mol. The van der Waals surface area contributed by atoms with Gasteiger partial charge in [-0.25, -0.2) is 18.2 Å². The van der Waals surface area contributed by atoms with Crippen molar-refractivity contribution in [3.8, 4) is 0 Å². The van der Waals surface area contributed by atoms with Crippen LogP contribution in [0.15, 0.2) is 24.5 Å². The van der Waals surface area contributed by atoms with Crippen molar-refractivity contribution in [3.63, 3.8) is 0 Å². The van der Waals surface area contributed by atoms with E-state index < -0.39 is 23.5 Å². The van der Waals surface area contributed by atoms with E-state index in [0.29, 0.717) is 12.4 Å². The Hall–Kier alpha value is -1.82. The van der Waals surface area contributed by atoms with Gasteiger partial charge in [-0.1, -0.05) is 13.0 Å². The van der Waals surface area contributed by atoms with Gasteiger partial charge in [0.15, 0.2) is 17.5 Å². The highest BCUT2D eigenvalue weighted by atomic mass is 19.2. The summed E-state index contributed by atoms with van der Waals surface area (Å²) in [6, 6.07) is 1.55. The first kappa shape index (κ1) is 14.6. The molecule has 0 bridgehead atoms. The van der Waals surface area contributed by atoms with Crippen LogP contribution in [0, 0.1) is 17.5 Å². The summed E-state index contributed by atoms with van der Waals surface area (Å²) < 4.78 is 42.1. The van der Waals surface area contributed by atoms with E-state index >= 15 is 0 Å². The molecule has 0 aliphatic carbocycles. The van der Waals surface area contributed by atoms with Crippen molar-refractivity contribution >= 4 is 0 Å². The van der Waals surface area contributed by atoms with E-state index in [1.165, 1.54) is 6.07 Å². The van der Waals surface area contributed by atoms with Crippen LogP contribution in [0.25, 0.3) is 0 Å². The van der Waals surface area contributed by atoms with Crippen LogP contribution in [0.2, 0.25) is 0 Å². The fourth-order valence-corrected chi connectivity index (χ4v) is 2.05. The zero-order valence-corrected chi connectivity index (χ0v) is 11.3. The molecule has 2 aromatic rings. The van der Waals surface area contributed by atoms with E-state index in [-0.39, 0.29) is 5.56 Å². The number of hydrogen-bond donors (Lipinski definition) is 1. The standard InChI is InChI=1S/C14H16F3N3/c1-3-6-18-13(14-19-7-8-20(14)2)9-4-5-10(15)12(17)11(9)16/h4-5,7-8,13,18H,3,6H2,1-2H3. The Morgan fingerprint density at radius 2 is 2.00 bits per heavy atom. The average molecular weight is 283 g/mol. The van der Waals surface area contributed by atoms with Gasteiger partial charge in [0, 0.05) is 25.0 Å². The van der Waals surface area contributed by atoms with Crippen LogP contribution in [0.4, 0.5) is 13.2 Å². The summed E-state index contributed by atoms with van der Waals surface area (Å²) in [6.07, 6.45) is 4.12.